The van der Waals surface area contributed by atoms with Gasteiger partial charge in [-0.05, 0) is 73.0 Å². The van der Waals surface area contributed by atoms with Crippen LogP contribution in [-0.2, 0) is 23.6 Å². The Labute approximate surface area is 226 Å². The number of aromatic nitrogens is 2. The molecular formula is C26H23Cl2N5O3S. The van der Waals surface area contributed by atoms with Crippen LogP contribution < -0.4 is 16.8 Å². The van der Waals surface area contributed by atoms with E-state index in [1.165, 1.54) is 6.07 Å². The highest BCUT2D eigenvalue weighted by atomic mass is 35.5. The number of carbonyl (C=O) groups excluding carboxylic acids is 2. The van der Waals surface area contributed by atoms with Crippen molar-refractivity contribution in [2.45, 2.75) is 17.7 Å². The molecule has 1 heterocycles. The number of halogens is 2. The highest BCUT2D eigenvalue weighted by molar-refractivity contribution is 7.84. The van der Waals surface area contributed by atoms with E-state index in [1.807, 2.05) is 18.2 Å². The van der Waals surface area contributed by atoms with Crippen molar-refractivity contribution >= 4 is 58.0 Å². The molecule has 2 amide bonds. The molecule has 0 saturated heterocycles. The van der Waals surface area contributed by atoms with Crippen molar-refractivity contribution in [2.24, 2.45) is 5.73 Å². The van der Waals surface area contributed by atoms with E-state index < -0.39 is 22.6 Å². The number of nitrogens with two attached hydrogens (primary N) is 2. The molecule has 1 aliphatic carbocycles. The molecule has 3 aromatic carbocycles. The van der Waals surface area contributed by atoms with Crippen LogP contribution in [0.4, 0.5) is 11.4 Å². The first-order valence-electron chi connectivity index (χ1n) is 11.1. The Balaban J connectivity index is 0.00000320. The van der Waals surface area contributed by atoms with Crippen LogP contribution in [0.25, 0.3) is 16.9 Å². The number of nitrogens with zero attached hydrogens (tertiary/aromatic N) is 2. The molecule has 0 fully saturated rings. The Morgan fingerprint density at radius 1 is 1.05 bits per heavy atom. The Kier molecular flexibility index (Phi) is 7.40. The number of amides is 2. The van der Waals surface area contributed by atoms with Gasteiger partial charge in [0.2, 0.25) is 0 Å². The normalized spacial score (nSPS) is 12.6. The van der Waals surface area contributed by atoms with Crippen molar-refractivity contribution in [2.75, 3.05) is 17.3 Å². The minimum atomic E-state index is -1.12. The summed E-state index contributed by atoms with van der Waals surface area (Å²) in [7, 11) is -1.12. The second kappa shape index (κ2) is 10.4. The van der Waals surface area contributed by atoms with Crippen LogP contribution in [0.1, 0.15) is 32.0 Å². The van der Waals surface area contributed by atoms with E-state index in [-0.39, 0.29) is 23.7 Å². The number of aryl methyl sites for hydroxylation is 1. The summed E-state index contributed by atoms with van der Waals surface area (Å²) in [5.74, 6) is -1.00. The van der Waals surface area contributed by atoms with Gasteiger partial charge in [-0.25, -0.2) is 4.68 Å². The first-order valence-corrected chi connectivity index (χ1v) is 13.0. The zero-order chi connectivity index (χ0) is 25.6. The van der Waals surface area contributed by atoms with Gasteiger partial charge in [-0.15, -0.1) is 12.4 Å². The number of fused-ring (bicyclic) bond motifs is 3. The lowest BCUT2D eigenvalue weighted by Crippen LogP contribution is -2.16. The molecule has 4 aromatic rings. The molecule has 0 saturated carbocycles. The fraction of sp³-hybridized carbons (Fsp3) is 0.115. The Hall–Kier alpha value is -3.66. The predicted octanol–water partition coefficient (Wildman–Crippen LogP) is 4.38. The summed E-state index contributed by atoms with van der Waals surface area (Å²) in [5.41, 5.74) is 17.0. The third kappa shape index (κ3) is 4.98. The molecule has 1 atom stereocenters. The van der Waals surface area contributed by atoms with Gasteiger partial charge >= 0.3 is 0 Å². The molecule has 1 aromatic heterocycles. The van der Waals surface area contributed by atoms with Crippen molar-refractivity contribution in [3.8, 4) is 16.9 Å². The summed E-state index contributed by atoms with van der Waals surface area (Å²) in [6.07, 6.45) is 2.90. The summed E-state index contributed by atoms with van der Waals surface area (Å²) in [6.45, 7) is 0. The minimum Gasteiger partial charge on any atom is -0.399 e. The average Bonchev–Trinajstić information content (AvgIpc) is 3.26. The molecular weight excluding hydrogens is 533 g/mol. The highest BCUT2D eigenvalue weighted by Crippen LogP contribution is 2.38. The molecule has 37 heavy (non-hydrogen) atoms. The SMILES string of the molecule is CS(=O)c1ccc(-n2nc(C(N)=O)c3c2-c2cc(NC(=O)c4cc(N)ccc4Cl)ccc2CC3)cc1.Cl. The lowest BCUT2D eigenvalue weighted by Gasteiger charge is -2.20. The van der Waals surface area contributed by atoms with Gasteiger partial charge < -0.3 is 16.8 Å². The zero-order valence-corrected chi connectivity index (χ0v) is 22.0. The second-order valence-corrected chi connectivity index (χ2v) is 10.3. The zero-order valence-electron chi connectivity index (χ0n) is 19.7. The van der Waals surface area contributed by atoms with Gasteiger partial charge in [0.15, 0.2) is 5.69 Å². The maximum absolute atomic E-state index is 12.9. The molecule has 0 bridgehead atoms. The van der Waals surface area contributed by atoms with E-state index in [0.29, 0.717) is 39.8 Å². The molecule has 1 unspecified atom stereocenters. The monoisotopic (exact) mass is 555 g/mol. The topological polar surface area (TPSA) is 133 Å². The number of rotatable bonds is 5. The van der Waals surface area contributed by atoms with Gasteiger partial charge in [0, 0.05) is 44.5 Å². The van der Waals surface area contributed by atoms with Crippen LogP contribution >= 0.6 is 24.0 Å². The number of primary amides is 1. The Morgan fingerprint density at radius 3 is 2.46 bits per heavy atom. The smallest absolute Gasteiger partial charge is 0.269 e. The van der Waals surface area contributed by atoms with Crippen LogP contribution in [0.5, 0.6) is 0 Å². The predicted molar refractivity (Wildman–Crippen MR) is 148 cm³/mol. The maximum Gasteiger partial charge on any atom is 0.269 e. The summed E-state index contributed by atoms with van der Waals surface area (Å²) < 4.78 is 13.5. The van der Waals surface area contributed by atoms with Crippen LogP contribution in [0.3, 0.4) is 0 Å². The summed E-state index contributed by atoms with van der Waals surface area (Å²) in [4.78, 5) is 25.8. The van der Waals surface area contributed by atoms with E-state index in [1.54, 1.807) is 47.3 Å². The van der Waals surface area contributed by atoms with Gasteiger partial charge in [-0.1, -0.05) is 17.7 Å². The molecule has 190 valence electrons. The van der Waals surface area contributed by atoms with Crippen LogP contribution in [-0.4, -0.2) is 32.1 Å². The number of anilines is 2. The fourth-order valence-electron chi connectivity index (χ4n) is 4.40. The van der Waals surface area contributed by atoms with Gasteiger partial charge in [0.05, 0.1) is 22.0 Å². The number of hydrogen-bond donors (Lipinski definition) is 3. The second-order valence-electron chi connectivity index (χ2n) is 8.47. The van der Waals surface area contributed by atoms with E-state index in [4.69, 9.17) is 23.1 Å². The van der Waals surface area contributed by atoms with Crippen molar-refractivity contribution in [3.63, 3.8) is 0 Å². The third-order valence-corrected chi connectivity index (χ3v) is 7.40. The molecule has 0 radical (unpaired) electrons. The number of nitrogen functional groups attached to an aromatic ring is 1. The molecule has 0 spiro atoms. The fourth-order valence-corrected chi connectivity index (χ4v) is 5.12. The standard InChI is InChI=1S/C26H22ClN5O3S.ClH/c1-36(35)18-8-6-17(7-9-18)32-24-19(23(31-32)25(29)33)10-3-14-2-5-16(13-20(14)24)30-26(34)21-12-15(28)4-11-22(21)27;/h2,4-9,11-13H,3,10,28H2,1H3,(H2,29,33)(H,30,34);1H. The van der Waals surface area contributed by atoms with Crippen LogP contribution in [0.2, 0.25) is 5.02 Å². The molecule has 11 heteroatoms. The van der Waals surface area contributed by atoms with Crippen LogP contribution in [0, 0.1) is 0 Å². The van der Waals surface area contributed by atoms with E-state index in [0.717, 1.165) is 22.4 Å². The molecule has 0 aliphatic heterocycles. The lowest BCUT2D eigenvalue weighted by atomic mass is 9.88. The third-order valence-electron chi connectivity index (χ3n) is 6.13. The lowest BCUT2D eigenvalue weighted by molar-refractivity contribution is 0.0992. The first-order chi connectivity index (χ1) is 17.2. The quantitative estimate of drug-likeness (QED) is 0.314. The van der Waals surface area contributed by atoms with Gasteiger partial charge in [0.1, 0.15) is 0 Å². The summed E-state index contributed by atoms with van der Waals surface area (Å²) in [5, 5.41) is 7.72. The summed E-state index contributed by atoms with van der Waals surface area (Å²) in [6, 6.07) is 17.5. The maximum atomic E-state index is 12.9. The number of benzene rings is 3. The van der Waals surface area contributed by atoms with E-state index in [9.17, 15) is 13.8 Å². The summed E-state index contributed by atoms with van der Waals surface area (Å²) >= 11 is 6.20. The number of carbonyl (C=O) groups is 2. The van der Waals surface area contributed by atoms with Gasteiger partial charge in [-0.3, -0.25) is 13.8 Å². The molecule has 1 aliphatic rings. The van der Waals surface area contributed by atoms with Gasteiger partial charge in [0.25, 0.3) is 11.8 Å². The Morgan fingerprint density at radius 2 is 1.78 bits per heavy atom. The van der Waals surface area contributed by atoms with Crippen molar-refractivity contribution in [1.29, 1.82) is 0 Å². The van der Waals surface area contributed by atoms with Gasteiger partial charge in [-0.2, -0.15) is 5.10 Å². The Bertz CT molecular complexity index is 1570. The number of hydrogen-bond acceptors (Lipinski definition) is 5. The van der Waals surface area contributed by atoms with Crippen molar-refractivity contribution < 1.29 is 13.8 Å². The van der Waals surface area contributed by atoms with Crippen molar-refractivity contribution in [3.05, 3.63) is 88.1 Å². The first kappa shape index (κ1) is 26.4. The minimum absolute atomic E-state index is 0. The van der Waals surface area contributed by atoms with E-state index >= 15 is 0 Å². The highest BCUT2D eigenvalue weighted by Gasteiger charge is 2.28. The molecule has 5 rings (SSSR count). The van der Waals surface area contributed by atoms with Crippen molar-refractivity contribution in [1.82, 2.24) is 9.78 Å². The average molecular weight is 556 g/mol. The largest absolute Gasteiger partial charge is 0.399 e. The molecule has 8 nitrogen and oxygen atoms in total. The molecule has 5 N–H and O–H groups in total. The number of nitrogens with one attached hydrogen (secondary N) is 1. The van der Waals surface area contributed by atoms with Crippen LogP contribution in [0.15, 0.2) is 65.6 Å². The van der Waals surface area contributed by atoms with E-state index in [2.05, 4.69) is 10.4 Å².